The monoisotopic (exact) mass is 277 g/mol. The van der Waals surface area contributed by atoms with Gasteiger partial charge in [0.05, 0.1) is 11.4 Å². The maximum absolute atomic E-state index is 6.11. The highest BCUT2D eigenvalue weighted by Crippen LogP contribution is 2.25. The van der Waals surface area contributed by atoms with Crippen molar-refractivity contribution in [1.29, 1.82) is 0 Å². The first-order valence-electron chi connectivity index (χ1n) is 6.80. The van der Waals surface area contributed by atoms with E-state index in [1.54, 1.807) is 6.20 Å². The molecule has 2 rings (SSSR count). The normalized spacial score (nSPS) is 12.4. The lowest BCUT2D eigenvalue weighted by atomic mass is 10.1. The maximum Gasteiger partial charge on any atom is 0.0877 e. The Morgan fingerprint density at radius 2 is 2.21 bits per heavy atom. The molecule has 1 atom stereocenters. The van der Waals surface area contributed by atoms with Crippen molar-refractivity contribution in [2.75, 3.05) is 5.32 Å². The summed E-state index contributed by atoms with van der Waals surface area (Å²) in [5, 5.41) is 8.61. The summed E-state index contributed by atoms with van der Waals surface area (Å²) < 4.78 is 1.86. The third kappa shape index (κ3) is 3.51. The molecule has 2 aromatic rings. The summed E-state index contributed by atoms with van der Waals surface area (Å²) in [5.41, 5.74) is 2.07. The zero-order valence-corrected chi connectivity index (χ0v) is 12.2. The van der Waals surface area contributed by atoms with E-state index in [0.717, 1.165) is 29.2 Å². The molecule has 0 aliphatic carbocycles. The average Bonchev–Trinajstić information content (AvgIpc) is 2.92. The molecule has 4 heteroatoms. The molecule has 19 heavy (non-hydrogen) atoms. The lowest BCUT2D eigenvalue weighted by Crippen LogP contribution is -2.19. The number of nitrogens with zero attached hydrogens (tertiary/aromatic N) is 2. The van der Waals surface area contributed by atoms with Gasteiger partial charge in [-0.15, -0.1) is 0 Å². The van der Waals surface area contributed by atoms with E-state index in [1.165, 1.54) is 6.42 Å². The van der Waals surface area contributed by atoms with Gasteiger partial charge in [-0.05, 0) is 37.1 Å². The largest absolute Gasteiger partial charge is 0.381 e. The number of benzene rings is 1. The topological polar surface area (TPSA) is 29.9 Å². The molecule has 1 heterocycles. The van der Waals surface area contributed by atoms with Gasteiger partial charge in [0, 0.05) is 23.5 Å². The molecule has 3 nitrogen and oxygen atoms in total. The number of rotatable bonds is 6. The van der Waals surface area contributed by atoms with Crippen LogP contribution in [0.15, 0.2) is 36.7 Å². The summed E-state index contributed by atoms with van der Waals surface area (Å²) >= 11 is 6.11. The van der Waals surface area contributed by atoms with Gasteiger partial charge in [0.2, 0.25) is 0 Å². The minimum atomic E-state index is 0.470. The number of anilines is 1. The van der Waals surface area contributed by atoms with E-state index in [9.17, 15) is 0 Å². The van der Waals surface area contributed by atoms with E-state index >= 15 is 0 Å². The summed E-state index contributed by atoms with van der Waals surface area (Å²) in [4.78, 5) is 0. The van der Waals surface area contributed by atoms with Crippen LogP contribution in [0.1, 0.15) is 33.1 Å². The zero-order valence-electron chi connectivity index (χ0n) is 11.4. The molecule has 0 radical (unpaired) electrons. The molecule has 0 fully saturated rings. The average molecular weight is 278 g/mol. The van der Waals surface area contributed by atoms with Crippen molar-refractivity contribution < 1.29 is 0 Å². The van der Waals surface area contributed by atoms with Crippen LogP contribution in [0.2, 0.25) is 5.02 Å². The number of hydrogen-bond donors (Lipinski definition) is 1. The van der Waals surface area contributed by atoms with Gasteiger partial charge >= 0.3 is 0 Å². The molecule has 102 valence electrons. The third-order valence-corrected chi connectivity index (χ3v) is 3.43. The molecule has 1 unspecified atom stereocenters. The summed E-state index contributed by atoms with van der Waals surface area (Å²) in [6, 6.07) is 8.25. The second-order valence-electron chi connectivity index (χ2n) is 4.65. The fourth-order valence-corrected chi connectivity index (χ4v) is 2.35. The number of aromatic nitrogens is 2. The Morgan fingerprint density at radius 1 is 1.37 bits per heavy atom. The first-order valence-corrected chi connectivity index (χ1v) is 7.18. The van der Waals surface area contributed by atoms with Crippen LogP contribution in [0.4, 0.5) is 5.69 Å². The van der Waals surface area contributed by atoms with Crippen LogP contribution in [0, 0.1) is 0 Å². The smallest absolute Gasteiger partial charge is 0.0877 e. The van der Waals surface area contributed by atoms with Gasteiger partial charge in [-0.3, -0.25) is 0 Å². The van der Waals surface area contributed by atoms with Crippen molar-refractivity contribution >= 4 is 17.3 Å². The lowest BCUT2D eigenvalue weighted by molar-refractivity contribution is 0.622. The standard InChI is InChI=1S/C15H20ClN3/c1-3-6-13(4-2)18-14-11-12(16)7-8-15(14)19-10-5-9-17-19/h5,7-11,13,18H,3-4,6H2,1-2H3. The molecule has 0 saturated carbocycles. The molecule has 0 spiro atoms. The summed E-state index contributed by atoms with van der Waals surface area (Å²) in [5.74, 6) is 0. The van der Waals surface area contributed by atoms with Crippen molar-refractivity contribution in [1.82, 2.24) is 9.78 Å². The van der Waals surface area contributed by atoms with Gasteiger partial charge in [0.1, 0.15) is 0 Å². The second-order valence-corrected chi connectivity index (χ2v) is 5.09. The highest BCUT2D eigenvalue weighted by atomic mass is 35.5. The Balaban J connectivity index is 2.30. The van der Waals surface area contributed by atoms with E-state index in [2.05, 4.69) is 24.3 Å². The quantitative estimate of drug-likeness (QED) is 0.841. The van der Waals surface area contributed by atoms with Crippen LogP contribution in [0.25, 0.3) is 5.69 Å². The zero-order chi connectivity index (χ0) is 13.7. The summed E-state index contributed by atoms with van der Waals surface area (Å²) in [7, 11) is 0. The molecule has 0 bridgehead atoms. The summed E-state index contributed by atoms with van der Waals surface area (Å²) in [6.07, 6.45) is 7.14. The predicted octanol–water partition coefficient (Wildman–Crippen LogP) is 4.52. The molecular formula is C15H20ClN3. The fourth-order valence-electron chi connectivity index (χ4n) is 2.18. The van der Waals surface area contributed by atoms with Gasteiger partial charge in [0.15, 0.2) is 0 Å². The molecular weight excluding hydrogens is 258 g/mol. The fraction of sp³-hybridized carbons (Fsp3) is 0.400. The highest BCUT2D eigenvalue weighted by molar-refractivity contribution is 6.31. The third-order valence-electron chi connectivity index (χ3n) is 3.20. The minimum Gasteiger partial charge on any atom is -0.381 e. The van der Waals surface area contributed by atoms with Crippen molar-refractivity contribution in [3.63, 3.8) is 0 Å². The van der Waals surface area contributed by atoms with Crippen molar-refractivity contribution in [3.8, 4) is 5.69 Å². The van der Waals surface area contributed by atoms with Crippen LogP contribution in [0.5, 0.6) is 0 Å². The molecule has 1 N–H and O–H groups in total. The second kappa shape index (κ2) is 6.62. The number of halogens is 1. The van der Waals surface area contributed by atoms with E-state index in [1.807, 2.05) is 35.1 Å². The lowest BCUT2D eigenvalue weighted by Gasteiger charge is -2.20. The van der Waals surface area contributed by atoms with E-state index < -0.39 is 0 Å². The minimum absolute atomic E-state index is 0.470. The maximum atomic E-state index is 6.11. The predicted molar refractivity (Wildman–Crippen MR) is 81.2 cm³/mol. The van der Waals surface area contributed by atoms with Gasteiger partial charge in [0.25, 0.3) is 0 Å². The molecule has 0 amide bonds. The molecule has 0 aliphatic rings. The van der Waals surface area contributed by atoms with E-state index in [4.69, 9.17) is 11.6 Å². The Bertz CT molecular complexity index is 508. The van der Waals surface area contributed by atoms with Crippen LogP contribution in [0.3, 0.4) is 0 Å². The number of hydrogen-bond acceptors (Lipinski definition) is 2. The van der Waals surface area contributed by atoms with Crippen LogP contribution in [-0.4, -0.2) is 15.8 Å². The van der Waals surface area contributed by atoms with Gasteiger partial charge < -0.3 is 5.32 Å². The summed E-state index contributed by atoms with van der Waals surface area (Å²) in [6.45, 7) is 4.40. The Kier molecular flexibility index (Phi) is 4.86. The van der Waals surface area contributed by atoms with Gasteiger partial charge in [-0.1, -0.05) is 31.9 Å². The Labute approximate surface area is 119 Å². The van der Waals surface area contributed by atoms with Crippen LogP contribution in [-0.2, 0) is 0 Å². The first-order chi connectivity index (χ1) is 9.24. The van der Waals surface area contributed by atoms with Crippen molar-refractivity contribution in [2.45, 2.75) is 39.2 Å². The van der Waals surface area contributed by atoms with Crippen molar-refractivity contribution in [3.05, 3.63) is 41.7 Å². The highest BCUT2D eigenvalue weighted by Gasteiger charge is 2.10. The van der Waals surface area contributed by atoms with E-state index in [-0.39, 0.29) is 0 Å². The van der Waals surface area contributed by atoms with Crippen LogP contribution >= 0.6 is 11.6 Å². The molecule has 1 aromatic carbocycles. The molecule has 0 saturated heterocycles. The van der Waals surface area contributed by atoms with Gasteiger partial charge in [-0.2, -0.15) is 5.10 Å². The van der Waals surface area contributed by atoms with Crippen LogP contribution < -0.4 is 5.32 Å². The Morgan fingerprint density at radius 3 is 2.84 bits per heavy atom. The van der Waals surface area contributed by atoms with Crippen molar-refractivity contribution in [2.24, 2.45) is 0 Å². The first kappa shape index (κ1) is 13.9. The SMILES string of the molecule is CCCC(CC)Nc1cc(Cl)ccc1-n1cccn1. The Hall–Kier alpha value is -1.48. The van der Waals surface area contributed by atoms with Gasteiger partial charge in [-0.25, -0.2) is 4.68 Å². The molecule has 0 aliphatic heterocycles. The molecule has 1 aromatic heterocycles. The number of nitrogens with one attached hydrogen (secondary N) is 1. The van der Waals surface area contributed by atoms with E-state index in [0.29, 0.717) is 6.04 Å².